The zero-order valence-corrected chi connectivity index (χ0v) is 6.15. The summed E-state index contributed by atoms with van der Waals surface area (Å²) in [4.78, 5) is 10.7. The maximum Gasteiger partial charge on any atom is 0.315 e. The van der Waals surface area contributed by atoms with Crippen LogP contribution in [-0.2, 0) is 0 Å². The van der Waals surface area contributed by atoms with Crippen molar-refractivity contribution in [2.45, 2.75) is 17.2 Å². The molecule has 0 spiro atoms. The van der Waals surface area contributed by atoms with Crippen molar-refractivity contribution in [1.29, 1.82) is 0 Å². The fourth-order valence-corrected chi connectivity index (χ4v) is 2.51. The van der Waals surface area contributed by atoms with Crippen molar-refractivity contribution in [1.82, 2.24) is 10.6 Å². The summed E-state index contributed by atoms with van der Waals surface area (Å²) < 4.78 is 0. The highest BCUT2D eigenvalue weighted by Crippen LogP contribution is 2.26. The Labute approximate surface area is 64.7 Å². The summed E-state index contributed by atoms with van der Waals surface area (Å²) in [6.07, 6.45) is 0. The molecule has 0 aromatic rings. The van der Waals surface area contributed by atoms with Gasteiger partial charge in [-0.1, -0.05) is 0 Å². The summed E-state index contributed by atoms with van der Waals surface area (Å²) in [7, 11) is 5.69. The first-order valence-corrected chi connectivity index (χ1v) is 4.26. The summed E-state index contributed by atoms with van der Waals surface area (Å²) in [5.41, 5.74) is 0. The monoisotopic (exact) mass is 154 g/mol. The summed E-state index contributed by atoms with van der Waals surface area (Å²) in [6.45, 7) is 0. The van der Waals surface area contributed by atoms with Gasteiger partial charge < -0.3 is 10.6 Å². The fourth-order valence-electron chi connectivity index (χ4n) is 1.33. The number of thioether (sulfide) groups is 1. The van der Waals surface area contributed by atoms with Gasteiger partial charge in [-0.2, -0.15) is 11.8 Å². The van der Waals surface area contributed by atoms with Crippen LogP contribution in [0.25, 0.3) is 0 Å². The van der Waals surface area contributed by atoms with Crippen LogP contribution in [0.15, 0.2) is 0 Å². The lowest BCUT2D eigenvalue weighted by molar-refractivity contribution is 0.247. The molecule has 2 rings (SSSR count). The summed E-state index contributed by atoms with van der Waals surface area (Å²) >= 11 is 1.69. The van der Waals surface area contributed by atoms with Crippen LogP contribution in [0.3, 0.4) is 0 Å². The molecule has 2 fully saturated rings. The first kappa shape index (κ1) is 6.40. The average molecular weight is 154 g/mol. The molecule has 2 amide bonds. The van der Waals surface area contributed by atoms with E-state index in [-0.39, 0.29) is 23.3 Å². The molecule has 0 unspecified atom stereocenters. The van der Waals surface area contributed by atoms with Gasteiger partial charge in [0.05, 0.1) is 19.9 Å². The minimum atomic E-state index is -0.0780. The number of urea groups is 1. The number of carbonyl (C=O) groups is 1. The van der Waals surface area contributed by atoms with Crippen LogP contribution < -0.4 is 10.6 Å². The van der Waals surface area contributed by atoms with Gasteiger partial charge in [0.15, 0.2) is 0 Å². The molecule has 5 heteroatoms. The molecule has 0 aliphatic carbocycles. The molecule has 2 radical (unpaired) electrons. The maximum atomic E-state index is 10.7. The van der Waals surface area contributed by atoms with Crippen LogP contribution in [0.5, 0.6) is 0 Å². The second-order valence-electron chi connectivity index (χ2n) is 2.55. The Kier molecular flexibility index (Phi) is 1.33. The molecule has 52 valence electrons. The second kappa shape index (κ2) is 2.08. The molecule has 2 N–H and O–H groups in total. The summed E-state index contributed by atoms with van der Waals surface area (Å²) in [5.74, 6) is 0.935. The van der Waals surface area contributed by atoms with Gasteiger partial charge in [-0.05, 0) is 5.15 Å². The average Bonchev–Trinajstić information content (AvgIpc) is 2.35. The third kappa shape index (κ3) is 0.803. The van der Waals surface area contributed by atoms with Crippen LogP contribution >= 0.6 is 11.8 Å². The van der Waals surface area contributed by atoms with Gasteiger partial charge in [-0.25, -0.2) is 4.79 Å². The zero-order chi connectivity index (χ0) is 7.14. The van der Waals surface area contributed by atoms with E-state index in [4.69, 9.17) is 7.85 Å². The Balaban J connectivity index is 2.12. The van der Waals surface area contributed by atoms with E-state index < -0.39 is 0 Å². The van der Waals surface area contributed by atoms with Crippen molar-refractivity contribution in [3.8, 4) is 0 Å². The predicted octanol–water partition coefficient (Wildman–Crippen LogP) is -0.722. The second-order valence-corrected chi connectivity index (χ2v) is 3.76. The van der Waals surface area contributed by atoms with Gasteiger partial charge in [-0.3, -0.25) is 0 Å². The lowest BCUT2D eigenvalue weighted by Gasteiger charge is -2.10. The third-order valence-corrected chi connectivity index (χ3v) is 3.10. The first-order valence-electron chi connectivity index (χ1n) is 3.21. The maximum absolute atomic E-state index is 10.7. The highest BCUT2D eigenvalue weighted by molar-refractivity contribution is 8.01. The van der Waals surface area contributed by atoms with E-state index in [2.05, 4.69) is 10.6 Å². The molecular weight excluding hydrogens is 147 g/mol. The molecule has 2 heterocycles. The van der Waals surface area contributed by atoms with Crippen LogP contribution in [-0.4, -0.2) is 36.9 Å². The number of rotatable bonds is 0. The Bertz CT molecular complexity index is 177. The van der Waals surface area contributed by atoms with Crippen molar-refractivity contribution in [2.24, 2.45) is 0 Å². The number of hydrogen-bond donors (Lipinski definition) is 2. The van der Waals surface area contributed by atoms with E-state index in [1.807, 2.05) is 0 Å². The van der Waals surface area contributed by atoms with E-state index in [0.29, 0.717) is 0 Å². The number of hydrogen-bond acceptors (Lipinski definition) is 2. The lowest BCUT2D eigenvalue weighted by Crippen LogP contribution is -2.36. The molecule has 3 nitrogen and oxygen atoms in total. The molecule has 2 aliphatic heterocycles. The summed E-state index contributed by atoms with van der Waals surface area (Å²) in [6, 6.07) is 0.329. The Morgan fingerprint density at radius 3 is 3.10 bits per heavy atom. The lowest BCUT2D eigenvalue weighted by atomic mass is 9.93. The van der Waals surface area contributed by atoms with Gasteiger partial charge in [0, 0.05) is 5.75 Å². The molecule has 2 aliphatic rings. The van der Waals surface area contributed by atoms with Crippen LogP contribution in [0.2, 0.25) is 0 Å². The molecule has 0 aromatic carbocycles. The normalized spacial score (nSPS) is 44.4. The minimum absolute atomic E-state index is 0.0731. The van der Waals surface area contributed by atoms with Gasteiger partial charge in [0.2, 0.25) is 0 Å². The topological polar surface area (TPSA) is 41.1 Å². The van der Waals surface area contributed by atoms with Gasteiger partial charge in [-0.15, -0.1) is 0 Å². The molecule has 10 heavy (non-hydrogen) atoms. The van der Waals surface area contributed by atoms with E-state index >= 15 is 0 Å². The Morgan fingerprint density at radius 2 is 2.40 bits per heavy atom. The number of carbonyl (C=O) groups excluding carboxylic acids is 1. The van der Waals surface area contributed by atoms with Gasteiger partial charge >= 0.3 is 6.03 Å². The highest BCUT2D eigenvalue weighted by atomic mass is 32.2. The molecule has 0 bridgehead atoms. The molecule has 0 saturated carbocycles. The Hall–Kier alpha value is -0.315. The SMILES string of the molecule is [B][C@@H]1SC[C@@H]2NC(=O)N[C@@H]21. The third-order valence-electron chi connectivity index (χ3n) is 1.87. The predicted molar refractivity (Wildman–Crippen MR) is 41.2 cm³/mol. The number of nitrogens with one attached hydrogen (secondary N) is 2. The van der Waals surface area contributed by atoms with Crippen molar-refractivity contribution in [3.63, 3.8) is 0 Å². The minimum Gasteiger partial charge on any atom is -0.333 e. The zero-order valence-electron chi connectivity index (χ0n) is 5.33. The van der Waals surface area contributed by atoms with Crippen molar-refractivity contribution in [2.75, 3.05) is 5.75 Å². The molecule has 2 saturated heterocycles. The molecule has 0 aromatic heterocycles. The van der Waals surface area contributed by atoms with Crippen LogP contribution in [0.4, 0.5) is 4.79 Å². The first-order chi connectivity index (χ1) is 4.77. The Morgan fingerprint density at radius 1 is 1.60 bits per heavy atom. The van der Waals surface area contributed by atoms with Crippen molar-refractivity contribution in [3.05, 3.63) is 0 Å². The van der Waals surface area contributed by atoms with Crippen molar-refractivity contribution < 1.29 is 4.79 Å². The largest absolute Gasteiger partial charge is 0.333 e. The van der Waals surface area contributed by atoms with E-state index in [9.17, 15) is 4.79 Å². The van der Waals surface area contributed by atoms with Crippen LogP contribution in [0.1, 0.15) is 0 Å². The van der Waals surface area contributed by atoms with Crippen LogP contribution in [0, 0.1) is 0 Å². The van der Waals surface area contributed by atoms with E-state index in [1.54, 1.807) is 11.8 Å². The number of fused-ring (bicyclic) bond motifs is 1. The van der Waals surface area contributed by atoms with Gasteiger partial charge in [0.1, 0.15) is 0 Å². The standard InChI is InChI=1S/C5H7BN2OS/c6-4-3-2(1-10-4)7-5(9)8-3/h2-4H,1H2,(H2,7,8,9)/t2-,3-,4+/m0/s1. The molecule has 3 atom stereocenters. The van der Waals surface area contributed by atoms with Gasteiger partial charge in [0.25, 0.3) is 0 Å². The van der Waals surface area contributed by atoms with E-state index in [0.717, 1.165) is 5.75 Å². The smallest absolute Gasteiger partial charge is 0.315 e. The highest BCUT2D eigenvalue weighted by Gasteiger charge is 2.40. The molecular formula is C5H7BN2OS. The fraction of sp³-hybridized carbons (Fsp3) is 0.800. The summed E-state index contributed by atoms with van der Waals surface area (Å²) in [5, 5.41) is 5.64. The number of amides is 2. The van der Waals surface area contributed by atoms with Crippen molar-refractivity contribution >= 4 is 25.6 Å². The quantitative estimate of drug-likeness (QED) is 0.357. The van der Waals surface area contributed by atoms with E-state index in [1.165, 1.54) is 0 Å².